The third kappa shape index (κ3) is 1.87. The first kappa shape index (κ1) is 12.7. The van der Waals surface area contributed by atoms with Gasteiger partial charge >= 0.3 is 5.91 Å². The molecule has 0 spiro atoms. The van der Waals surface area contributed by atoms with Gasteiger partial charge in [-0.1, -0.05) is 34.1 Å². The van der Waals surface area contributed by atoms with Crippen LogP contribution in [0.2, 0.25) is 0 Å². The van der Waals surface area contributed by atoms with Gasteiger partial charge in [-0.2, -0.15) is 0 Å². The number of nitrogens with zero attached hydrogens (tertiary/aromatic N) is 1. The molecule has 0 N–H and O–H groups in total. The first-order chi connectivity index (χ1) is 9.59. The third-order valence-electron chi connectivity index (χ3n) is 3.07. The molecule has 0 radical (unpaired) electrons. The van der Waals surface area contributed by atoms with Gasteiger partial charge in [-0.15, -0.1) is 0 Å². The van der Waals surface area contributed by atoms with Crippen molar-refractivity contribution in [3.05, 3.63) is 64.1 Å². The third-order valence-corrected chi connectivity index (χ3v) is 3.56. The van der Waals surface area contributed by atoms with E-state index < -0.39 is 17.6 Å². The van der Waals surface area contributed by atoms with E-state index in [0.29, 0.717) is 10.2 Å². The normalized spacial score (nSPS) is 14.4. The summed E-state index contributed by atoms with van der Waals surface area (Å²) in [6, 6.07) is 13.1. The second-order valence-corrected chi connectivity index (χ2v) is 5.22. The van der Waals surface area contributed by atoms with Crippen LogP contribution in [0.1, 0.15) is 20.7 Å². The summed E-state index contributed by atoms with van der Waals surface area (Å²) in [5.74, 6) is -1.98. The number of halogens is 1. The fourth-order valence-corrected chi connectivity index (χ4v) is 2.49. The maximum absolute atomic E-state index is 12.5. The molecule has 2 aromatic rings. The summed E-state index contributed by atoms with van der Waals surface area (Å²) in [7, 11) is 0. The minimum absolute atomic E-state index is 0.149. The van der Waals surface area contributed by atoms with Crippen molar-refractivity contribution >= 4 is 39.2 Å². The zero-order valence-corrected chi connectivity index (χ0v) is 11.8. The molecule has 98 valence electrons. The average Bonchev–Trinajstić information content (AvgIpc) is 2.46. The van der Waals surface area contributed by atoms with E-state index in [2.05, 4.69) is 15.9 Å². The molecule has 20 heavy (non-hydrogen) atoms. The molecule has 0 saturated carbocycles. The minimum atomic E-state index is -0.823. The average molecular weight is 330 g/mol. The quantitative estimate of drug-likeness (QED) is 0.597. The van der Waals surface area contributed by atoms with E-state index in [9.17, 15) is 14.4 Å². The molecule has 4 nitrogen and oxygen atoms in total. The van der Waals surface area contributed by atoms with Crippen LogP contribution < -0.4 is 4.90 Å². The number of Topliss-reactive ketones (excluding diaryl/α,β-unsaturated/α-hetero) is 1. The highest BCUT2D eigenvalue weighted by Crippen LogP contribution is 2.27. The number of imide groups is 1. The van der Waals surface area contributed by atoms with Crippen LogP contribution >= 0.6 is 15.9 Å². The van der Waals surface area contributed by atoms with Crippen LogP contribution in [0, 0.1) is 0 Å². The summed E-state index contributed by atoms with van der Waals surface area (Å²) in [6.45, 7) is 0. The van der Waals surface area contributed by atoms with Crippen molar-refractivity contribution in [2.75, 3.05) is 4.90 Å². The van der Waals surface area contributed by atoms with Gasteiger partial charge in [0.25, 0.3) is 11.7 Å². The van der Waals surface area contributed by atoms with Crippen LogP contribution in [0.5, 0.6) is 0 Å². The smallest absolute Gasteiger partial charge is 0.283 e. The zero-order valence-electron chi connectivity index (χ0n) is 10.2. The summed E-state index contributed by atoms with van der Waals surface area (Å²) in [6.07, 6.45) is 0. The van der Waals surface area contributed by atoms with Crippen molar-refractivity contribution in [2.45, 2.75) is 0 Å². The number of amides is 2. The monoisotopic (exact) mass is 329 g/mol. The summed E-state index contributed by atoms with van der Waals surface area (Å²) < 4.78 is 0.680. The predicted molar refractivity (Wildman–Crippen MR) is 76.7 cm³/mol. The molecule has 2 aromatic carbocycles. The number of hydrogen-bond acceptors (Lipinski definition) is 3. The van der Waals surface area contributed by atoms with E-state index in [1.54, 1.807) is 42.5 Å². The number of ketones is 1. The van der Waals surface area contributed by atoms with Crippen LogP contribution in [-0.2, 0) is 4.79 Å². The lowest BCUT2D eigenvalue weighted by molar-refractivity contribution is -0.114. The van der Waals surface area contributed by atoms with Crippen molar-refractivity contribution in [1.82, 2.24) is 0 Å². The molecule has 3 rings (SSSR count). The summed E-state index contributed by atoms with van der Waals surface area (Å²) in [5, 5.41) is 0. The highest BCUT2D eigenvalue weighted by atomic mass is 79.9. The number of para-hydroxylation sites is 1. The largest absolute Gasteiger partial charge is 0.306 e. The molecule has 5 heteroatoms. The predicted octanol–water partition coefficient (Wildman–Crippen LogP) is 2.82. The Kier molecular flexibility index (Phi) is 2.99. The van der Waals surface area contributed by atoms with Gasteiger partial charge in [0.15, 0.2) is 0 Å². The number of anilines is 1. The van der Waals surface area contributed by atoms with E-state index in [-0.39, 0.29) is 11.1 Å². The Morgan fingerprint density at radius 2 is 1.50 bits per heavy atom. The second-order valence-electron chi connectivity index (χ2n) is 4.30. The highest BCUT2D eigenvalue weighted by molar-refractivity contribution is 9.10. The molecule has 1 heterocycles. The minimum Gasteiger partial charge on any atom is -0.283 e. The van der Waals surface area contributed by atoms with Gasteiger partial charge in [0.05, 0.1) is 11.3 Å². The molecule has 2 amide bonds. The van der Waals surface area contributed by atoms with Crippen molar-refractivity contribution in [3.63, 3.8) is 0 Å². The lowest BCUT2D eigenvalue weighted by Crippen LogP contribution is -2.46. The van der Waals surface area contributed by atoms with Crippen molar-refractivity contribution in [1.29, 1.82) is 0 Å². The van der Waals surface area contributed by atoms with E-state index in [1.807, 2.05) is 0 Å². The van der Waals surface area contributed by atoms with Gasteiger partial charge in [-0.3, -0.25) is 14.4 Å². The van der Waals surface area contributed by atoms with Crippen LogP contribution in [0.4, 0.5) is 5.69 Å². The molecule has 0 saturated heterocycles. The molecule has 0 unspecified atom stereocenters. The standard InChI is InChI=1S/C15H8BrNO3/c16-9-6-7-11-12(8-9)14(19)17(15(20)13(11)18)10-4-2-1-3-5-10/h1-8H. The molecular weight excluding hydrogens is 322 g/mol. The Morgan fingerprint density at radius 3 is 2.20 bits per heavy atom. The Bertz CT molecular complexity index is 740. The van der Waals surface area contributed by atoms with Gasteiger partial charge in [0.2, 0.25) is 0 Å². The van der Waals surface area contributed by atoms with Gasteiger partial charge in [-0.25, -0.2) is 4.90 Å². The molecule has 0 atom stereocenters. The summed E-state index contributed by atoms with van der Waals surface area (Å²) in [4.78, 5) is 37.6. The van der Waals surface area contributed by atoms with Gasteiger partial charge in [0.1, 0.15) is 0 Å². The highest BCUT2D eigenvalue weighted by Gasteiger charge is 2.38. The first-order valence-electron chi connectivity index (χ1n) is 5.87. The SMILES string of the molecule is O=C1C(=O)N(c2ccccc2)C(=O)c2cc(Br)ccc21. The topological polar surface area (TPSA) is 54.5 Å². The van der Waals surface area contributed by atoms with Crippen LogP contribution in [0.3, 0.4) is 0 Å². The first-order valence-corrected chi connectivity index (χ1v) is 6.66. The number of carbonyl (C=O) groups excluding carboxylic acids is 3. The van der Waals surface area contributed by atoms with Gasteiger partial charge in [0, 0.05) is 10.0 Å². The molecule has 0 bridgehead atoms. The Balaban J connectivity index is 2.19. The number of carbonyl (C=O) groups is 3. The zero-order chi connectivity index (χ0) is 14.3. The Hall–Kier alpha value is -2.27. The van der Waals surface area contributed by atoms with Crippen LogP contribution in [0.15, 0.2) is 53.0 Å². The van der Waals surface area contributed by atoms with Gasteiger partial charge in [-0.05, 0) is 30.3 Å². The fraction of sp³-hybridized carbons (Fsp3) is 0. The fourth-order valence-electron chi connectivity index (χ4n) is 2.13. The van der Waals surface area contributed by atoms with Crippen molar-refractivity contribution < 1.29 is 14.4 Å². The van der Waals surface area contributed by atoms with E-state index in [0.717, 1.165) is 4.90 Å². The molecule has 0 aromatic heterocycles. The maximum Gasteiger partial charge on any atom is 0.306 e. The van der Waals surface area contributed by atoms with Gasteiger partial charge < -0.3 is 0 Å². The summed E-state index contributed by atoms with van der Waals surface area (Å²) >= 11 is 3.26. The second kappa shape index (κ2) is 4.68. The van der Waals surface area contributed by atoms with E-state index in [1.165, 1.54) is 6.07 Å². The number of rotatable bonds is 1. The molecule has 1 aliphatic heterocycles. The lowest BCUT2D eigenvalue weighted by Gasteiger charge is -2.25. The van der Waals surface area contributed by atoms with Crippen molar-refractivity contribution in [2.24, 2.45) is 0 Å². The Labute approximate surface area is 123 Å². The number of benzene rings is 2. The van der Waals surface area contributed by atoms with Crippen LogP contribution in [-0.4, -0.2) is 17.6 Å². The number of hydrogen-bond donors (Lipinski definition) is 0. The lowest BCUT2D eigenvalue weighted by atomic mass is 9.97. The molecule has 0 fully saturated rings. The van der Waals surface area contributed by atoms with Crippen molar-refractivity contribution in [3.8, 4) is 0 Å². The molecule has 0 aliphatic carbocycles. The summed E-state index contributed by atoms with van der Waals surface area (Å²) in [5.41, 5.74) is 0.768. The van der Waals surface area contributed by atoms with E-state index >= 15 is 0 Å². The Morgan fingerprint density at radius 1 is 0.800 bits per heavy atom. The maximum atomic E-state index is 12.5. The van der Waals surface area contributed by atoms with E-state index in [4.69, 9.17) is 0 Å². The van der Waals surface area contributed by atoms with Crippen LogP contribution in [0.25, 0.3) is 0 Å². The molecule has 1 aliphatic rings. The number of fused-ring (bicyclic) bond motifs is 1. The molecular formula is C15H8BrNO3.